The van der Waals surface area contributed by atoms with Gasteiger partial charge in [-0.1, -0.05) is 0 Å². The maximum Gasteiger partial charge on any atom is 0.304 e. The van der Waals surface area contributed by atoms with Gasteiger partial charge in [0.2, 0.25) is 0 Å². The summed E-state index contributed by atoms with van der Waals surface area (Å²) >= 11 is 1.99. The van der Waals surface area contributed by atoms with Crippen molar-refractivity contribution in [3.8, 4) is 0 Å². The lowest BCUT2D eigenvalue weighted by Gasteiger charge is -2.14. The van der Waals surface area contributed by atoms with E-state index in [1.165, 1.54) is 18.6 Å². The summed E-state index contributed by atoms with van der Waals surface area (Å²) in [4.78, 5) is 10.4. The van der Waals surface area contributed by atoms with E-state index in [-0.39, 0.29) is 12.5 Å². The van der Waals surface area contributed by atoms with E-state index in [1.807, 2.05) is 18.7 Å². The van der Waals surface area contributed by atoms with E-state index >= 15 is 0 Å². The minimum Gasteiger partial charge on any atom is -0.481 e. The van der Waals surface area contributed by atoms with Crippen molar-refractivity contribution < 1.29 is 9.90 Å². The molecule has 0 saturated carbocycles. The number of aliphatic carboxylic acids is 1. The molecule has 76 valence electrons. The zero-order valence-corrected chi connectivity index (χ0v) is 8.77. The van der Waals surface area contributed by atoms with Crippen molar-refractivity contribution in [3.63, 3.8) is 0 Å². The molecule has 1 rings (SSSR count). The van der Waals surface area contributed by atoms with Gasteiger partial charge in [-0.3, -0.25) is 4.79 Å². The molecule has 1 saturated heterocycles. The number of hydrogen-bond acceptors (Lipinski definition) is 3. The lowest BCUT2D eigenvalue weighted by Crippen LogP contribution is -2.33. The van der Waals surface area contributed by atoms with Gasteiger partial charge in [-0.15, -0.1) is 0 Å². The Morgan fingerprint density at radius 1 is 1.77 bits per heavy atom. The molecule has 0 aromatic carbocycles. The van der Waals surface area contributed by atoms with E-state index < -0.39 is 5.97 Å². The summed E-state index contributed by atoms with van der Waals surface area (Å²) in [6, 6.07) is 0.0960. The molecule has 2 N–H and O–H groups in total. The summed E-state index contributed by atoms with van der Waals surface area (Å²) in [5.41, 5.74) is 0. The zero-order valence-electron chi connectivity index (χ0n) is 7.95. The van der Waals surface area contributed by atoms with Crippen LogP contribution in [0.5, 0.6) is 0 Å². The minimum absolute atomic E-state index is 0.0960. The van der Waals surface area contributed by atoms with Crippen molar-refractivity contribution in [1.29, 1.82) is 0 Å². The van der Waals surface area contributed by atoms with E-state index in [0.717, 1.165) is 6.54 Å². The van der Waals surface area contributed by atoms with Crippen LogP contribution >= 0.6 is 11.8 Å². The van der Waals surface area contributed by atoms with E-state index in [9.17, 15) is 4.79 Å². The van der Waals surface area contributed by atoms with Gasteiger partial charge in [0.25, 0.3) is 0 Å². The fourth-order valence-corrected chi connectivity index (χ4v) is 2.69. The van der Waals surface area contributed by atoms with Gasteiger partial charge >= 0.3 is 5.97 Å². The Balaban J connectivity index is 2.06. The van der Waals surface area contributed by atoms with E-state index in [1.54, 1.807) is 0 Å². The van der Waals surface area contributed by atoms with Crippen LogP contribution in [-0.2, 0) is 4.79 Å². The van der Waals surface area contributed by atoms with Crippen LogP contribution in [0.1, 0.15) is 26.2 Å². The van der Waals surface area contributed by atoms with Crippen molar-refractivity contribution in [3.05, 3.63) is 0 Å². The monoisotopic (exact) mass is 203 g/mol. The Labute approximate surface area is 83.3 Å². The molecule has 0 aromatic rings. The van der Waals surface area contributed by atoms with Crippen LogP contribution in [0, 0.1) is 0 Å². The molecule has 0 amide bonds. The highest BCUT2D eigenvalue weighted by atomic mass is 32.2. The van der Waals surface area contributed by atoms with Crippen LogP contribution in [0.3, 0.4) is 0 Å². The first kappa shape index (κ1) is 10.9. The molecule has 0 bridgehead atoms. The lowest BCUT2D eigenvalue weighted by molar-refractivity contribution is -0.137. The van der Waals surface area contributed by atoms with E-state index in [4.69, 9.17) is 5.11 Å². The number of rotatable bonds is 5. The molecule has 0 spiro atoms. The molecular weight excluding hydrogens is 186 g/mol. The standard InChI is InChI=1S/C9H17NO2S/c1-7(5-9(11)12)10-6-8-3-2-4-13-8/h7-8,10H,2-6H2,1H3,(H,11,12). The Bertz CT molecular complexity index is 169. The predicted molar refractivity (Wildman–Crippen MR) is 55.2 cm³/mol. The summed E-state index contributed by atoms with van der Waals surface area (Å²) in [7, 11) is 0. The van der Waals surface area contributed by atoms with Crippen LogP contribution in [0.15, 0.2) is 0 Å². The molecule has 2 unspecified atom stereocenters. The number of carboxylic acid groups (broad SMARTS) is 1. The third-order valence-corrected chi connectivity index (χ3v) is 3.60. The highest BCUT2D eigenvalue weighted by Gasteiger charge is 2.16. The topological polar surface area (TPSA) is 49.3 Å². The molecule has 2 atom stereocenters. The quantitative estimate of drug-likeness (QED) is 0.708. The van der Waals surface area contributed by atoms with Gasteiger partial charge in [-0.25, -0.2) is 0 Å². The van der Waals surface area contributed by atoms with Gasteiger partial charge in [0.1, 0.15) is 0 Å². The van der Waals surface area contributed by atoms with Crippen LogP contribution in [0.4, 0.5) is 0 Å². The van der Waals surface area contributed by atoms with Crippen molar-refractivity contribution >= 4 is 17.7 Å². The van der Waals surface area contributed by atoms with Crippen molar-refractivity contribution in [1.82, 2.24) is 5.32 Å². The molecule has 1 heterocycles. The Kier molecular flexibility index (Phi) is 4.59. The SMILES string of the molecule is CC(CC(=O)O)NCC1CCCS1. The molecule has 0 aliphatic carbocycles. The van der Waals surface area contributed by atoms with Crippen LogP contribution in [0.2, 0.25) is 0 Å². The summed E-state index contributed by atoms with van der Waals surface area (Å²) in [5.74, 6) is 0.540. The Morgan fingerprint density at radius 3 is 3.08 bits per heavy atom. The first-order valence-electron chi connectivity index (χ1n) is 4.75. The minimum atomic E-state index is -0.723. The van der Waals surface area contributed by atoms with Gasteiger partial charge in [-0.2, -0.15) is 11.8 Å². The summed E-state index contributed by atoms with van der Waals surface area (Å²) < 4.78 is 0. The Hall–Kier alpha value is -0.220. The number of hydrogen-bond donors (Lipinski definition) is 2. The molecule has 3 nitrogen and oxygen atoms in total. The summed E-state index contributed by atoms with van der Waals surface area (Å²) in [6.45, 7) is 2.88. The van der Waals surface area contributed by atoms with Gasteiger partial charge in [0.05, 0.1) is 6.42 Å². The average molecular weight is 203 g/mol. The fraction of sp³-hybridized carbons (Fsp3) is 0.889. The smallest absolute Gasteiger partial charge is 0.304 e. The molecule has 0 aromatic heterocycles. The molecule has 1 aliphatic rings. The summed E-state index contributed by atoms with van der Waals surface area (Å²) in [5, 5.41) is 12.5. The number of thioether (sulfide) groups is 1. The molecule has 0 radical (unpaired) electrons. The number of carbonyl (C=O) groups is 1. The molecular formula is C9H17NO2S. The van der Waals surface area contributed by atoms with Crippen LogP contribution in [-0.4, -0.2) is 34.7 Å². The van der Waals surface area contributed by atoms with Gasteiger partial charge in [-0.05, 0) is 25.5 Å². The zero-order chi connectivity index (χ0) is 9.68. The summed E-state index contributed by atoms with van der Waals surface area (Å²) in [6.07, 6.45) is 2.80. The fourth-order valence-electron chi connectivity index (χ4n) is 1.47. The molecule has 13 heavy (non-hydrogen) atoms. The van der Waals surface area contributed by atoms with Crippen molar-refractivity contribution in [2.75, 3.05) is 12.3 Å². The van der Waals surface area contributed by atoms with Crippen molar-refractivity contribution in [2.24, 2.45) is 0 Å². The van der Waals surface area contributed by atoms with Gasteiger partial charge in [0, 0.05) is 17.8 Å². The van der Waals surface area contributed by atoms with Gasteiger partial charge < -0.3 is 10.4 Å². The molecule has 4 heteroatoms. The number of carboxylic acids is 1. The van der Waals surface area contributed by atoms with E-state index in [0.29, 0.717) is 5.25 Å². The van der Waals surface area contributed by atoms with E-state index in [2.05, 4.69) is 5.32 Å². The lowest BCUT2D eigenvalue weighted by atomic mass is 10.2. The van der Waals surface area contributed by atoms with Crippen molar-refractivity contribution in [2.45, 2.75) is 37.5 Å². The van der Waals surface area contributed by atoms with Crippen LogP contribution in [0.25, 0.3) is 0 Å². The molecule has 1 aliphatic heterocycles. The maximum atomic E-state index is 10.4. The maximum absolute atomic E-state index is 10.4. The first-order chi connectivity index (χ1) is 6.18. The third kappa shape index (κ3) is 4.52. The largest absolute Gasteiger partial charge is 0.481 e. The number of nitrogens with one attached hydrogen (secondary N) is 1. The highest BCUT2D eigenvalue weighted by Crippen LogP contribution is 2.25. The predicted octanol–water partition coefficient (Wildman–Crippen LogP) is 1.33. The average Bonchev–Trinajstić information content (AvgIpc) is 2.51. The normalized spacial score (nSPS) is 24.5. The second-order valence-corrected chi connectivity index (χ2v) is 4.95. The van der Waals surface area contributed by atoms with Crippen LogP contribution < -0.4 is 5.32 Å². The van der Waals surface area contributed by atoms with Gasteiger partial charge in [0.15, 0.2) is 0 Å². The second kappa shape index (κ2) is 5.50. The highest BCUT2D eigenvalue weighted by molar-refractivity contribution is 8.00. The Morgan fingerprint density at radius 2 is 2.54 bits per heavy atom. The second-order valence-electron chi connectivity index (χ2n) is 3.54. The third-order valence-electron chi connectivity index (χ3n) is 2.20. The first-order valence-corrected chi connectivity index (χ1v) is 5.80. The molecule has 1 fully saturated rings.